The molecule has 8 aromatic carbocycles. The molecular formula is C67H62N4O. The topological polar surface area (TPSA) is 35.2 Å². The highest BCUT2D eigenvalue weighted by molar-refractivity contribution is 6.22. The van der Waals surface area contributed by atoms with Crippen LogP contribution in [0.5, 0.6) is 11.5 Å². The highest BCUT2D eigenvalue weighted by Gasteiger charge is 2.27. The Morgan fingerprint density at radius 2 is 1.10 bits per heavy atom. The number of pyridine rings is 1. The summed E-state index contributed by atoms with van der Waals surface area (Å²) in [6, 6.07) is 65.2. The summed E-state index contributed by atoms with van der Waals surface area (Å²) in [6.45, 7) is 19.9. The van der Waals surface area contributed by atoms with Gasteiger partial charge in [0.25, 0.3) is 0 Å². The van der Waals surface area contributed by atoms with Gasteiger partial charge in [-0.1, -0.05) is 184 Å². The van der Waals surface area contributed by atoms with Crippen LogP contribution in [0.4, 0.5) is 11.4 Å². The van der Waals surface area contributed by atoms with Gasteiger partial charge in [-0.3, -0.25) is 4.57 Å². The standard InChI is InChI=1S/C67H62N4O/c1-65(2,3)41-43-35-44(37-46(36-43)67(7,8)9)50-26-17-27-57-53-23-12-10-21-51(53)52-22-11-13-24-54(52)58-28-18-30-60-64(58)70(63(50)57)42-69(60)47-19-16-20-48(39-47)72-49-31-32-56-55-25-14-15-29-59(55)71(61(56)40-49)62-38-45(33-34-68-62)66(4,5)6/h10-40H,41-42H2,1-9H3/i41D2. The first-order valence-electron chi connectivity index (χ1n) is 26.3. The summed E-state index contributed by atoms with van der Waals surface area (Å²) in [5.41, 5.74) is 10.6. The monoisotopic (exact) mass is 941 g/mol. The van der Waals surface area contributed by atoms with Crippen LogP contribution < -0.4 is 9.64 Å². The Morgan fingerprint density at radius 1 is 0.500 bits per heavy atom. The van der Waals surface area contributed by atoms with Crippen LogP contribution in [0, 0.1) is 5.41 Å². The first-order valence-corrected chi connectivity index (χ1v) is 25.3. The lowest BCUT2D eigenvalue weighted by molar-refractivity contribution is 0.411. The Morgan fingerprint density at radius 3 is 1.79 bits per heavy atom. The average molecular weight is 941 g/mol. The van der Waals surface area contributed by atoms with E-state index in [2.05, 4.69) is 232 Å². The predicted octanol–water partition coefficient (Wildman–Crippen LogP) is 18.5. The first kappa shape index (κ1) is 42.9. The minimum absolute atomic E-state index is 0.0335. The molecule has 4 heterocycles. The largest absolute Gasteiger partial charge is 0.457 e. The molecule has 0 amide bonds. The van der Waals surface area contributed by atoms with Crippen LogP contribution in [0.1, 0.15) is 81.7 Å². The maximum absolute atomic E-state index is 9.59. The molecular weight excluding hydrogens is 877 g/mol. The van der Waals surface area contributed by atoms with E-state index in [1.165, 1.54) is 27.1 Å². The third-order valence-corrected chi connectivity index (χ3v) is 14.4. The number of anilines is 2. The zero-order chi connectivity index (χ0) is 51.5. The lowest BCUT2D eigenvalue weighted by Crippen LogP contribution is -2.15. The zero-order valence-electron chi connectivity index (χ0n) is 44.8. The minimum Gasteiger partial charge on any atom is -0.457 e. The van der Waals surface area contributed by atoms with Crippen molar-refractivity contribution in [3.05, 3.63) is 205 Å². The van der Waals surface area contributed by atoms with Gasteiger partial charge in [-0.2, -0.15) is 0 Å². The van der Waals surface area contributed by atoms with Gasteiger partial charge in [0.15, 0.2) is 0 Å². The molecule has 5 nitrogen and oxygen atoms in total. The molecule has 0 bridgehead atoms. The number of para-hydroxylation sites is 3. The molecule has 0 radical (unpaired) electrons. The van der Waals surface area contributed by atoms with Gasteiger partial charge in [0.2, 0.25) is 0 Å². The molecule has 11 aromatic rings. The predicted molar refractivity (Wildman–Crippen MR) is 305 cm³/mol. The summed E-state index contributed by atoms with van der Waals surface area (Å²) < 4.78 is 30.8. The molecule has 0 aliphatic carbocycles. The van der Waals surface area contributed by atoms with Crippen molar-refractivity contribution >= 4 is 76.5 Å². The Kier molecular flexibility index (Phi) is 10.1. The van der Waals surface area contributed by atoms with Crippen molar-refractivity contribution in [2.45, 2.75) is 86.2 Å². The van der Waals surface area contributed by atoms with E-state index in [0.717, 1.165) is 89.0 Å². The number of hydrogen-bond donors (Lipinski definition) is 0. The van der Waals surface area contributed by atoms with Gasteiger partial charge >= 0.3 is 0 Å². The molecule has 0 N–H and O–H groups in total. The van der Waals surface area contributed by atoms with E-state index in [1.807, 2.05) is 33.0 Å². The normalized spacial score (nSPS) is 13.7. The van der Waals surface area contributed by atoms with E-state index in [0.29, 0.717) is 12.2 Å². The van der Waals surface area contributed by atoms with E-state index in [4.69, 9.17) is 9.72 Å². The van der Waals surface area contributed by atoms with Gasteiger partial charge in [-0.25, -0.2) is 4.98 Å². The fourth-order valence-corrected chi connectivity index (χ4v) is 11.0. The van der Waals surface area contributed by atoms with Crippen molar-refractivity contribution in [1.29, 1.82) is 0 Å². The smallest absolute Gasteiger partial charge is 0.137 e. The first-order chi connectivity index (χ1) is 35.3. The highest BCUT2D eigenvalue weighted by atomic mass is 16.5. The quantitative estimate of drug-likeness (QED) is 0.167. The van der Waals surface area contributed by atoms with Crippen molar-refractivity contribution in [2.24, 2.45) is 5.41 Å². The number of ether oxygens (including phenoxy) is 1. The minimum atomic E-state index is -1.60. The summed E-state index contributed by atoms with van der Waals surface area (Å²) in [7, 11) is 0. The van der Waals surface area contributed by atoms with E-state index in [9.17, 15) is 2.74 Å². The second-order valence-electron chi connectivity index (χ2n) is 22.7. The Hall–Kier alpha value is -7.89. The van der Waals surface area contributed by atoms with Crippen LogP contribution in [0.2, 0.25) is 0 Å². The molecule has 0 unspecified atom stereocenters. The van der Waals surface area contributed by atoms with Gasteiger partial charge < -0.3 is 14.2 Å². The Balaban J connectivity index is 1.06. The molecule has 0 fully saturated rings. The van der Waals surface area contributed by atoms with Crippen LogP contribution in [-0.2, 0) is 23.9 Å². The van der Waals surface area contributed by atoms with Gasteiger partial charge in [0.1, 0.15) is 24.0 Å². The number of hydrogen-bond acceptors (Lipinski definition) is 3. The summed E-state index contributed by atoms with van der Waals surface area (Å²) in [5.74, 6) is 2.35. The van der Waals surface area contributed by atoms with Crippen LogP contribution in [0.3, 0.4) is 0 Å². The summed E-state index contributed by atoms with van der Waals surface area (Å²) >= 11 is 0. The van der Waals surface area contributed by atoms with Crippen LogP contribution in [0.15, 0.2) is 188 Å². The molecule has 1 aliphatic rings. The molecule has 3 aromatic heterocycles. The maximum Gasteiger partial charge on any atom is 0.137 e. The third-order valence-electron chi connectivity index (χ3n) is 14.4. The Labute approximate surface area is 426 Å². The third kappa shape index (κ3) is 7.92. The fraction of sp³-hybridized carbons (Fsp3) is 0.209. The van der Waals surface area contributed by atoms with Gasteiger partial charge in [0, 0.05) is 53.9 Å². The van der Waals surface area contributed by atoms with E-state index < -0.39 is 11.8 Å². The van der Waals surface area contributed by atoms with Gasteiger partial charge in [-0.05, 0) is 115 Å². The number of aromatic nitrogens is 3. The summed E-state index contributed by atoms with van der Waals surface area (Å²) in [6.07, 6.45) is 0.316. The zero-order valence-corrected chi connectivity index (χ0v) is 42.8. The summed E-state index contributed by atoms with van der Waals surface area (Å²) in [5, 5.41) is 9.22. The molecule has 12 rings (SSSR count). The van der Waals surface area contributed by atoms with Crippen LogP contribution >= 0.6 is 0 Å². The Bertz CT molecular complexity index is 4140. The van der Waals surface area contributed by atoms with Crippen molar-refractivity contribution in [1.82, 2.24) is 14.1 Å². The molecule has 0 spiro atoms. The van der Waals surface area contributed by atoms with Crippen LogP contribution in [-0.4, -0.2) is 14.1 Å². The SMILES string of the molecule is [2H]C([2H])(c1cc(-c2cccc3c4ccccc4c4ccccc4c4cccc5c4n(c23)CN5c2cccc(Oc3ccc4c5ccccc5n(-c5cc(C(C)(C)C)ccn5)c4c3)c2)cc(C(C)(C)C)c1)C(C)(C)C. The van der Waals surface area contributed by atoms with Gasteiger partial charge in [-0.15, -0.1) is 0 Å². The average Bonchev–Trinajstić information content (AvgIpc) is 3.94. The number of benzene rings is 8. The highest BCUT2D eigenvalue weighted by Crippen LogP contribution is 2.46. The number of rotatable bonds is 6. The second kappa shape index (κ2) is 16.9. The molecule has 1 aliphatic heterocycles. The number of fused-ring (bicyclic) bond motifs is 10. The molecule has 0 atom stereocenters. The van der Waals surface area contributed by atoms with Crippen LogP contribution in [0.25, 0.3) is 82.1 Å². The number of nitrogens with zero attached hydrogens (tertiary/aromatic N) is 4. The lowest BCUT2D eigenvalue weighted by Gasteiger charge is -2.25. The molecule has 72 heavy (non-hydrogen) atoms. The maximum atomic E-state index is 9.59. The van der Waals surface area contributed by atoms with Crippen molar-refractivity contribution in [2.75, 3.05) is 4.90 Å². The van der Waals surface area contributed by atoms with Gasteiger partial charge in [0.05, 0.1) is 27.8 Å². The van der Waals surface area contributed by atoms with Crippen molar-refractivity contribution in [3.63, 3.8) is 0 Å². The molecule has 5 heteroatoms. The lowest BCUT2D eigenvalue weighted by atomic mass is 9.81. The van der Waals surface area contributed by atoms with E-state index in [1.54, 1.807) is 0 Å². The molecule has 0 saturated carbocycles. The fourth-order valence-electron chi connectivity index (χ4n) is 11.0. The summed E-state index contributed by atoms with van der Waals surface area (Å²) in [4.78, 5) is 7.33. The molecule has 0 saturated heterocycles. The van der Waals surface area contributed by atoms with E-state index >= 15 is 0 Å². The second-order valence-corrected chi connectivity index (χ2v) is 22.7. The van der Waals surface area contributed by atoms with Crippen molar-refractivity contribution in [3.8, 4) is 28.4 Å². The molecule has 356 valence electrons. The van der Waals surface area contributed by atoms with E-state index in [-0.39, 0.29) is 10.8 Å². The van der Waals surface area contributed by atoms with Crippen molar-refractivity contribution < 1.29 is 7.48 Å².